The molecule has 1 fully saturated rings. The maximum absolute atomic E-state index is 14.2. The number of fused-ring (bicyclic) bond motifs is 1. The van der Waals surface area contributed by atoms with Crippen molar-refractivity contribution in [1.82, 2.24) is 14.9 Å². The average Bonchev–Trinajstić information content (AvgIpc) is 2.62. The van der Waals surface area contributed by atoms with Crippen molar-refractivity contribution in [3.05, 3.63) is 54.3 Å². The molecule has 24 heavy (non-hydrogen) atoms. The Kier molecular flexibility index (Phi) is 3.86. The lowest BCUT2D eigenvalue weighted by Gasteiger charge is -2.33. The molecule has 1 aromatic heterocycles. The minimum absolute atomic E-state index is 0.294. The maximum atomic E-state index is 14.2. The van der Waals surface area contributed by atoms with E-state index < -0.39 is 0 Å². The zero-order valence-corrected chi connectivity index (χ0v) is 13.6. The lowest BCUT2D eigenvalue weighted by Crippen LogP contribution is -2.45. The van der Waals surface area contributed by atoms with Crippen LogP contribution in [0.25, 0.3) is 22.3 Å². The number of piperazine rings is 1. The Morgan fingerprint density at radius 2 is 1.58 bits per heavy atom. The molecule has 1 saturated heterocycles. The fraction of sp³-hybridized carbons (Fsp3) is 0.263. The third-order valence-electron chi connectivity index (χ3n) is 4.50. The van der Waals surface area contributed by atoms with Gasteiger partial charge in [0, 0.05) is 31.6 Å². The van der Waals surface area contributed by atoms with Gasteiger partial charge in [-0.1, -0.05) is 24.3 Å². The van der Waals surface area contributed by atoms with Crippen LogP contribution in [0.1, 0.15) is 0 Å². The number of likely N-dealkylation sites (N-methyl/N-ethyl adjacent to an activating group) is 1. The number of benzene rings is 2. The van der Waals surface area contributed by atoms with E-state index in [4.69, 9.17) is 4.98 Å². The first-order chi connectivity index (χ1) is 11.7. The van der Waals surface area contributed by atoms with Crippen LogP contribution in [0.5, 0.6) is 0 Å². The van der Waals surface area contributed by atoms with Crippen LogP contribution in [0.3, 0.4) is 0 Å². The smallest absolute Gasteiger partial charge is 0.165 e. The normalized spacial score (nSPS) is 15.8. The molecule has 0 saturated carbocycles. The van der Waals surface area contributed by atoms with Crippen molar-refractivity contribution >= 4 is 16.7 Å². The highest BCUT2D eigenvalue weighted by Crippen LogP contribution is 2.29. The fourth-order valence-corrected chi connectivity index (χ4v) is 3.08. The van der Waals surface area contributed by atoms with Crippen LogP contribution in [-0.4, -0.2) is 48.1 Å². The van der Waals surface area contributed by atoms with Gasteiger partial charge in [0.25, 0.3) is 0 Å². The van der Waals surface area contributed by atoms with Crippen molar-refractivity contribution < 1.29 is 4.39 Å². The van der Waals surface area contributed by atoms with Crippen LogP contribution in [0.4, 0.5) is 10.2 Å². The SMILES string of the molecule is CN1CCN(c2nc(-c3ccccc3F)nc3ccccc23)CC1. The highest BCUT2D eigenvalue weighted by Gasteiger charge is 2.20. The van der Waals surface area contributed by atoms with Gasteiger partial charge in [-0.15, -0.1) is 0 Å². The van der Waals surface area contributed by atoms with Gasteiger partial charge in [-0.3, -0.25) is 0 Å². The summed E-state index contributed by atoms with van der Waals surface area (Å²) < 4.78 is 14.2. The molecule has 3 aromatic rings. The molecule has 0 N–H and O–H groups in total. The molecule has 0 radical (unpaired) electrons. The van der Waals surface area contributed by atoms with Crippen molar-refractivity contribution in [2.75, 3.05) is 38.1 Å². The van der Waals surface area contributed by atoms with Gasteiger partial charge in [-0.25, -0.2) is 14.4 Å². The lowest BCUT2D eigenvalue weighted by molar-refractivity contribution is 0.312. The molecule has 2 aromatic carbocycles. The van der Waals surface area contributed by atoms with Gasteiger partial charge in [0.1, 0.15) is 11.6 Å². The van der Waals surface area contributed by atoms with Crippen molar-refractivity contribution in [3.8, 4) is 11.4 Å². The lowest BCUT2D eigenvalue weighted by atomic mass is 10.1. The Morgan fingerprint density at radius 1 is 0.875 bits per heavy atom. The molecule has 0 aliphatic carbocycles. The summed E-state index contributed by atoms with van der Waals surface area (Å²) in [5.74, 6) is 1.05. The molecule has 4 nitrogen and oxygen atoms in total. The number of hydrogen-bond donors (Lipinski definition) is 0. The number of aromatic nitrogens is 2. The van der Waals surface area contributed by atoms with Crippen LogP contribution in [-0.2, 0) is 0 Å². The Labute approximate surface area is 140 Å². The molecule has 0 atom stereocenters. The van der Waals surface area contributed by atoms with Crippen LogP contribution >= 0.6 is 0 Å². The van der Waals surface area contributed by atoms with Crippen molar-refractivity contribution in [2.24, 2.45) is 0 Å². The second kappa shape index (κ2) is 6.17. The summed E-state index contributed by atoms with van der Waals surface area (Å²) >= 11 is 0. The number of halogens is 1. The molecule has 1 aliphatic heterocycles. The van der Waals surface area contributed by atoms with Gasteiger partial charge in [-0.2, -0.15) is 0 Å². The standard InChI is InChI=1S/C19H19FN4/c1-23-10-12-24(13-11-23)19-15-7-3-5-9-17(15)21-18(22-19)14-6-2-4-8-16(14)20/h2-9H,10-13H2,1H3. The van der Waals surface area contributed by atoms with Crippen LogP contribution in [0.15, 0.2) is 48.5 Å². The summed E-state index contributed by atoms with van der Waals surface area (Å²) in [5, 5.41) is 1.02. The number of hydrogen-bond acceptors (Lipinski definition) is 4. The second-order valence-electron chi connectivity index (χ2n) is 6.16. The molecule has 4 rings (SSSR count). The first-order valence-corrected chi connectivity index (χ1v) is 8.17. The Bertz CT molecular complexity index is 872. The summed E-state index contributed by atoms with van der Waals surface area (Å²) in [5.41, 5.74) is 1.29. The highest BCUT2D eigenvalue weighted by molar-refractivity contribution is 5.91. The first kappa shape index (κ1) is 15.0. The van der Waals surface area contributed by atoms with Crippen LogP contribution < -0.4 is 4.90 Å². The second-order valence-corrected chi connectivity index (χ2v) is 6.16. The molecule has 122 valence electrons. The predicted molar refractivity (Wildman–Crippen MR) is 94.6 cm³/mol. The van der Waals surface area contributed by atoms with Crippen molar-refractivity contribution in [1.29, 1.82) is 0 Å². The van der Waals surface area contributed by atoms with E-state index in [1.807, 2.05) is 30.3 Å². The molecular formula is C19H19FN4. The van der Waals surface area contributed by atoms with E-state index in [1.54, 1.807) is 12.1 Å². The minimum atomic E-state index is -0.294. The Hall–Kier alpha value is -2.53. The van der Waals surface area contributed by atoms with Gasteiger partial charge in [-0.05, 0) is 31.3 Å². The van der Waals surface area contributed by atoms with Gasteiger partial charge >= 0.3 is 0 Å². The first-order valence-electron chi connectivity index (χ1n) is 8.17. The number of rotatable bonds is 2. The molecule has 0 amide bonds. The molecule has 0 spiro atoms. The van der Waals surface area contributed by atoms with E-state index in [1.165, 1.54) is 6.07 Å². The van der Waals surface area contributed by atoms with Gasteiger partial charge in [0.15, 0.2) is 5.82 Å². The highest BCUT2D eigenvalue weighted by atomic mass is 19.1. The summed E-state index contributed by atoms with van der Waals surface area (Å²) in [6.45, 7) is 3.81. The zero-order valence-electron chi connectivity index (χ0n) is 13.6. The maximum Gasteiger partial charge on any atom is 0.165 e. The molecule has 0 unspecified atom stereocenters. The quantitative estimate of drug-likeness (QED) is 0.725. The van der Waals surface area contributed by atoms with Crippen LogP contribution in [0, 0.1) is 5.82 Å². The van der Waals surface area contributed by atoms with Crippen molar-refractivity contribution in [2.45, 2.75) is 0 Å². The summed E-state index contributed by atoms with van der Waals surface area (Å²) in [7, 11) is 2.13. The molecule has 1 aliphatic rings. The van der Waals surface area contributed by atoms with E-state index in [0.717, 1.165) is 42.9 Å². The monoisotopic (exact) mass is 322 g/mol. The van der Waals surface area contributed by atoms with E-state index in [9.17, 15) is 4.39 Å². The minimum Gasteiger partial charge on any atom is -0.353 e. The summed E-state index contributed by atoms with van der Waals surface area (Å²) in [6.07, 6.45) is 0. The average molecular weight is 322 g/mol. The van der Waals surface area contributed by atoms with Gasteiger partial charge < -0.3 is 9.80 Å². The van der Waals surface area contributed by atoms with Gasteiger partial charge in [0.05, 0.1) is 11.1 Å². The van der Waals surface area contributed by atoms with Crippen molar-refractivity contribution in [3.63, 3.8) is 0 Å². The topological polar surface area (TPSA) is 32.3 Å². The Morgan fingerprint density at radius 3 is 2.38 bits per heavy atom. The molecular weight excluding hydrogens is 303 g/mol. The molecule has 5 heteroatoms. The number of anilines is 1. The van der Waals surface area contributed by atoms with E-state index in [2.05, 4.69) is 21.8 Å². The summed E-state index contributed by atoms with van der Waals surface area (Å²) in [4.78, 5) is 13.9. The Balaban J connectivity index is 1.87. The predicted octanol–water partition coefficient (Wildman–Crippen LogP) is 3.19. The largest absolute Gasteiger partial charge is 0.353 e. The third-order valence-corrected chi connectivity index (χ3v) is 4.50. The van der Waals surface area contributed by atoms with E-state index in [0.29, 0.717) is 11.4 Å². The zero-order chi connectivity index (χ0) is 16.5. The van der Waals surface area contributed by atoms with Crippen LogP contribution in [0.2, 0.25) is 0 Å². The number of para-hydroxylation sites is 1. The molecule has 2 heterocycles. The number of nitrogens with zero attached hydrogens (tertiary/aromatic N) is 4. The van der Waals surface area contributed by atoms with E-state index >= 15 is 0 Å². The summed E-state index contributed by atoms with van der Waals surface area (Å²) in [6, 6.07) is 14.6. The molecule has 0 bridgehead atoms. The third kappa shape index (κ3) is 2.71. The van der Waals surface area contributed by atoms with Gasteiger partial charge in [0.2, 0.25) is 0 Å². The fourth-order valence-electron chi connectivity index (χ4n) is 3.08. The van der Waals surface area contributed by atoms with E-state index in [-0.39, 0.29) is 5.82 Å².